The number of hydrogen-bond donors (Lipinski definition) is 2. The summed E-state index contributed by atoms with van der Waals surface area (Å²) in [5.74, 6) is -0.0151. The van der Waals surface area contributed by atoms with E-state index in [9.17, 15) is 4.79 Å². The lowest BCUT2D eigenvalue weighted by molar-refractivity contribution is -0.115. The number of nitrogens with zero attached hydrogens (tertiary/aromatic N) is 1. The summed E-state index contributed by atoms with van der Waals surface area (Å²) < 4.78 is 1.00. The van der Waals surface area contributed by atoms with Gasteiger partial charge in [0, 0.05) is 22.7 Å². The van der Waals surface area contributed by atoms with Gasteiger partial charge in [-0.3, -0.25) is 4.79 Å². The van der Waals surface area contributed by atoms with Crippen molar-refractivity contribution < 1.29 is 4.79 Å². The van der Waals surface area contributed by atoms with Gasteiger partial charge in [-0.15, -0.1) is 0 Å². The Balaban J connectivity index is 2.30. The van der Waals surface area contributed by atoms with Gasteiger partial charge in [-0.2, -0.15) is 0 Å². The van der Waals surface area contributed by atoms with Crippen LogP contribution in [0.4, 0.5) is 5.69 Å². The first kappa shape index (κ1) is 17.1. The highest BCUT2D eigenvalue weighted by Crippen LogP contribution is 2.13. The monoisotopic (exact) mass is 341 g/mol. The minimum Gasteiger partial charge on any atom is -0.325 e. The largest absolute Gasteiger partial charge is 0.325 e. The van der Waals surface area contributed by atoms with Crippen LogP contribution in [0.15, 0.2) is 28.7 Å². The highest BCUT2D eigenvalue weighted by molar-refractivity contribution is 9.10. The number of likely N-dealkylation sites (N-methyl/N-ethyl adjacent to an activating group) is 1. The lowest BCUT2D eigenvalue weighted by Gasteiger charge is -2.23. The summed E-state index contributed by atoms with van der Waals surface area (Å²) in [6.07, 6.45) is 0. The van der Waals surface area contributed by atoms with Gasteiger partial charge in [-0.25, -0.2) is 0 Å². The van der Waals surface area contributed by atoms with Crippen molar-refractivity contribution in [3.05, 3.63) is 28.7 Å². The van der Waals surface area contributed by atoms with Crippen molar-refractivity contribution in [3.8, 4) is 0 Å². The molecule has 0 aromatic heterocycles. The summed E-state index contributed by atoms with van der Waals surface area (Å²) in [7, 11) is 0. The number of rotatable bonds is 8. The molecule has 0 aliphatic heterocycles. The van der Waals surface area contributed by atoms with Crippen LogP contribution in [0.25, 0.3) is 0 Å². The fourth-order valence-electron chi connectivity index (χ4n) is 1.94. The first-order valence-electron chi connectivity index (χ1n) is 7.06. The molecule has 112 valence electrons. The number of benzene rings is 1. The van der Waals surface area contributed by atoms with Crippen LogP contribution >= 0.6 is 15.9 Å². The van der Waals surface area contributed by atoms with E-state index in [1.807, 2.05) is 24.3 Å². The van der Waals surface area contributed by atoms with Crippen LogP contribution in [0.3, 0.4) is 0 Å². The second-order valence-corrected chi connectivity index (χ2v) is 5.74. The average Bonchev–Trinajstić information content (AvgIpc) is 2.45. The topological polar surface area (TPSA) is 44.4 Å². The molecule has 0 saturated carbocycles. The molecule has 1 aromatic rings. The molecule has 5 heteroatoms. The Morgan fingerprint density at radius 3 is 2.40 bits per heavy atom. The van der Waals surface area contributed by atoms with E-state index in [0.29, 0.717) is 12.6 Å². The Morgan fingerprint density at radius 2 is 1.85 bits per heavy atom. The molecule has 1 rings (SSSR count). The molecular weight excluding hydrogens is 318 g/mol. The number of hydrogen-bond acceptors (Lipinski definition) is 3. The summed E-state index contributed by atoms with van der Waals surface area (Å²) in [5, 5.41) is 6.12. The van der Waals surface area contributed by atoms with Crippen LogP contribution in [0.2, 0.25) is 0 Å². The second kappa shape index (κ2) is 9.10. The maximum absolute atomic E-state index is 11.8. The van der Waals surface area contributed by atoms with E-state index in [0.717, 1.165) is 29.8 Å². The lowest BCUT2D eigenvalue weighted by Crippen LogP contribution is -2.42. The molecule has 4 nitrogen and oxygen atoms in total. The van der Waals surface area contributed by atoms with Gasteiger partial charge in [0.1, 0.15) is 0 Å². The van der Waals surface area contributed by atoms with Gasteiger partial charge in [0.2, 0.25) is 5.91 Å². The first-order valence-corrected chi connectivity index (χ1v) is 7.85. The molecule has 1 amide bonds. The Morgan fingerprint density at radius 1 is 1.25 bits per heavy atom. The highest BCUT2D eigenvalue weighted by Gasteiger charge is 2.09. The van der Waals surface area contributed by atoms with E-state index in [4.69, 9.17) is 0 Å². The van der Waals surface area contributed by atoms with Crippen molar-refractivity contribution in [1.29, 1.82) is 0 Å². The third kappa shape index (κ3) is 6.50. The van der Waals surface area contributed by atoms with Gasteiger partial charge >= 0.3 is 0 Å². The maximum Gasteiger partial charge on any atom is 0.238 e. The molecule has 0 aliphatic rings. The summed E-state index contributed by atoms with van der Waals surface area (Å²) in [5.41, 5.74) is 0.816. The van der Waals surface area contributed by atoms with Crippen molar-refractivity contribution in [2.45, 2.75) is 26.8 Å². The summed E-state index contributed by atoms with van der Waals surface area (Å²) in [4.78, 5) is 14.2. The van der Waals surface area contributed by atoms with Crippen molar-refractivity contribution in [1.82, 2.24) is 10.2 Å². The third-order valence-corrected chi connectivity index (χ3v) is 3.69. The molecule has 0 radical (unpaired) electrons. The molecule has 0 heterocycles. The number of amides is 1. The third-order valence-electron chi connectivity index (χ3n) is 3.17. The lowest BCUT2D eigenvalue weighted by atomic mass is 10.3. The molecule has 1 aromatic carbocycles. The number of nitrogens with one attached hydrogen (secondary N) is 2. The van der Waals surface area contributed by atoms with E-state index >= 15 is 0 Å². The standard InChI is InChI=1S/C15H24BrN3O/c1-4-19(5-2)11-12(3)17-10-15(20)18-14-8-6-13(16)7-9-14/h6-9,12,17H,4-5,10-11H2,1-3H3,(H,18,20). The minimum absolute atomic E-state index is 0.0151. The molecule has 0 fully saturated rings. The molecular formula is C15H24BrN3O. The summed E-state index contributed by atoms with van der Waals surface area (Å²) >= 11 is 3.37. The normalized spacial score (nSPS) is 12.4. The molecule has 1 unspecified atom stereocenters. The van der Waals surface area contributed by atoms with Crippen LogP contribution in [0, 0.1) is 0 Å². The van der Waals surface area contributed by atoms with Gasteiger partial charge in [0.15, 0.2) is 0 Å². The molecule has 2 N–H and O–H groups in total. The Bertz CT molecular complexity index is 404. The maximum atomic E-state index is 11.8. The zero-order valence-corrected chi connectivity index (χ0v) is 14.0. The van der Waals surface area contributed by atoms with Crippen LogP contribution in [-0.2, 0) is 4.79 Å². The smallest absolute Gasteiger partial charge is 0.238 e. The van der Waals surface area contributed by atoms with Gasteiger partial charge < -0.3 is 15.5 Å². The second-order valence-electron chi connectivity index (χ2n) is 4.82. The van der Waals surface area contributed by atoms with Crippen LogP contribution in [0.5, 0.6) is 0 Å². The Kier molecular flexibility index (Phi) is 7.80. The van der Waals surface area contributed by atoms with Crippen molar-refractivity contribution in [2.75, 3.05) is 31.5 Å². The highest BCUT2D eigenvalue weighted by atomic mass is 79.9. The molecule has 1 atom stereocenters. The van der Waals surface area contributed by atoms with Crippen LogP contribution < -0.4 is 10.6 Å². The van der Waals surface area contributed by atoms with Gasteiger partial charge in [-0.1, -0.05) is 29.8 Å². The van der Waals surface area contributed by atoms with Gasteiger partial charge in [-0.05, 0) is 44.3 Å². The predicted octanol–water partition coefficient (Wildman–Crippen LogP) is 2.71. The average molecular weight is 342 g/mol. The molecule has 0 bridgehead atoms. The quantitative estimate of drug-likeness (QED) is 0.764. The summed E-state index contributed by atoms with van der Waals surface area (Å²) in [6.45, 7) is 9.76. The van der Waals surface area contributed by atoms with Crippen molar-refractivity contribution in [3.63, 3.8) is 0 Å². The zero-order valence-electron chi connectivity index (χ0n) is 12.4. The van der Waals surface area contributed by atoms with Gasteiger partial charge in [0.05, 0.1) is 6.54 Å². The predicted molar refractivity (Wildman–Crippen MR) is 88.0 cm³/mol. The fraction of sp³-hybridized carbons (Fsp3) is 0.533. The van der Waals surface area contributed by atoms with Crippen molar-refractivity contribution in [2.24, 2.45) is 0 Å². The molecule has 0 aliphatic carbocycles. The van der Waals surface area contributed by atoms with E-state index in [1.54, 1.807) is 0 Å². The van der Waals surface area contributed by atoms with E-state index < -0.39 is 0 Å². The SMILES string of the molecule is CCN(CC)CC(C)NCC(=O)Nc1ccc(Br)cc1. The number of carbonyl (C=O) groups is 1. The molecule has 0 saturated heterocycles. The first-order chi connectivity index (χ1) is 9.55. The van der Waals surface area contributed by atoms with Crippen LogP contribution in [-0.4, -0.2) is 43.0 Å². The number of anilines is 1. The van der Waals surface area contributed by atoms with Crippen LogP contribution in [0.1, 0.15) is 20.8 Å². The minimum atomic E-state index is -0.0151. The van der Waals surface area contributed by atoms with Gasteiger partial charge in [0.25, 0.3) is 0 Å². The number of carbonyl (C=O) groups excluding carboxylic acids is 1. The summed E-state index contributed by atoms with van der Waals surface area (Å²) in [6, 6.07) is 7.87. The van der Waals surface area contributed by atoms with E-state index in [-0.39, 0.29) is 5.91 Å². The Labute approximate surface area is 130 Å². The van der Waals surface area contributed by atoms with Crippen molar-refractivity contribution >= 4 is 27.5 Å². The van der Waals surface area contributed by atoms with E-state index in [2.05, 4.69) is 52.2 Å². The fourth-order valence-corrected chi connectivity index (χ4v) is 2.20. The Hall–Kier alpha value is -0.910. The molecule has 0 spiro atoms. The van der Waals surface area contributed by atoms with E-state index in [1.165, 1.54) is 0 Å². The molecule has 20 heavy (non-hydrogen) atoms. The number of halogens is 1. The zero-order chi connectivity index (χ0) is 15.0.